The maximum absolute atomic E-state index is 13.6. The molecule has 1 amide bonds. The number of rotatable bonds is 8. The van der Waals surface area contributed by atoms with Gasteiger partial charge in [0, 0.05) is 19.6 Å². The van der Waals surface area contributed by atoms with Gasteiger partial charge < -0.3 is 15.0 Å². The van der Waals surface area contributed by atoms with E-state index < -0.39 is 5.82 Å². The van der Waals surface area contributed by atoms with E-state index in [0.717, 1.165) is 5.56 Å². The summed E-state index contributed by atoms with van der Waals surface area (Å²) in [5.74, 6) is -0.236. The van der Waals surface area contributed by atoms with Gasteiger partial charge in [-0.3, -0.25) is 4.79 Å². The van der Waals surface area contributed by atoms with Gasteiger partial charge in [-0.25, -0.2) is 4.39 Å². The SMILES string of the molecule is C=CCNCC(=O)N(CC)Cc1ccc(OC)c(F)c1. The molecule has 0 atom stereocenters. The number of nitrogens with one attached hydrogen (secondary N) is 1. The van der Waals surface area contributed by atoms with Gasteiger partial charge in [0.1, 0.15) is 0 Å². The first-order valence-electron chi connectivity index (χ1n) is 6.54. The zero-order valence-corrected chi connectivity index (χ0v) is 12.0. The predicted molar refractivity (Wildman–Crippen MR) is 77.1 cm³/mol. The quantitative estimate of drug-likeness (QED) is 0.584. The Hall–Kier alpha value is -1.88. The summed E-state index contributed by atoms with van der Waals surface area (Å²) < 4.78 is 18.5. The summed E-state index contributed by atoms with van der Waals surface area (Å²) in [5.41, 5.74) is 0.738. The molecule has 0 spiro atoms. The Bertz CT molecular complexity index is 463. The summed E-state index contributed by atoms with van der Waals surface area (Å²) in [6.45, 7) is 7.25. The Balaban J connectivity index is 2.65. The van der Waals surface area contributed by atoms with Gasteiger partial charge in [0.05, 0.1) is 13.7 Å². The van der Waals surface area contributed by atoms with Gasteiger partial charge in [-0.1, -0.05) is 12.1 Å². The average molecular weight is 280 g/mol. The van der Waals surface area contributed by atoms with Crippen molar-refractivity contribution in [3.8, 4) is 5.75 Å². The normalized spacial score (nSPS) is 10.2. The highest BCUT2D eigenvalue weighted by molar-refractivity contribution is 5.78. The van der Waals surface area contributed by atoms with Crippen LogP contribution in [0.3, 0.4) is 0 Å². The van der Waals surface area contributed by atoms with E-state index in [1.165, 1.54) is 13.2 Å². The van der Waals surface area contributed by atoms with Crippen LogP contribution in [0.5, 0.6) is 5.75 Å². The van der Waals surface area contributed by atoms with Gasteiger partial charge in [0.25, 0.3) is 0 Å². The van der Waals surface area contributed by atoms with Crippen LogP contribution in [-0.2, 0) is 11.3 Å². The molecule has 4 nitrogen and oxygen atoms in total. The molecule has 0 bridgehead atoms. The molecule has 1 aromatic rings. The van der Waals surface area contributed by atoms with Gasteiger partial charge in [-0.05, 0) is 24.6 Å². The first-order chi connectivity index (χ1) is 9.62. The fourth-order valence-corrected chi connectivity index (χ4v) is 1.80. The molecule has 5 heteroatoms. The molecule has 0 aliphatic carbocycles. The summed E-state index contributed by atoms with van der Waals surface area (Å²) in [6.07, 6.45) is 1.70. The highest BCUT2D eigenvalue weighted by atomic mass is 19.1. The summed E-state index contributed by atoms with van der Waals surface area (Å²) >= 11 is 0. The van der Waals surface area contributed by atoms with Gasteiger partial charge in [0.2, 0.25) is 5.91 Å². The first-order valence-corrected chi connectivity index (χ1v) is 6.54. The van der Waals surface area contributed by atoms with E-state index in [9.17, 15) is 9.18 Å². The lowest BCUT2D eigenvalue weighted by atomic mass is 10.2. The fraction of sp³-hybridized carbons (Fsp3) is 0.400. The number of likely N-dealkylation sites (N-methyl/N-ethyl adjacent to an activating group) is 1. The van der Waals surface area contributed by atoms with Crippen LogP contribution >= 0.6 is 0 Å². The molecule has 110 valence electrons. The second-order valence-electron chi connectivity index (χ2n) is 4.30. The Morgan fingerprint density at radius 2 is 2.30 bits per heavy atom. The number of carbonyl (C=O) groups excluding carboxylic acids is 1. The minimum atomic E-state index is -0.418. The fourth-order valence-electron chi connectivity index (χ4n) is 1.80. The number of benzene rings is 1. The van der Waals surface area contributed by atoms with E-state index in [4.69, 9.17) is 4.74 Å². The lowest BCUT2D eigenvalue weighted by molar-refractivity contribution is -0.130. The Labute approximate surface area is 119 Å². The summed E-state index contributed by atoms with van der Waals surface area (Å²) in [6, 6.07) is 4.72. The van der Waals surface area contributed by atoms with E-state index in [1.807, 2.05) is 6.92 Å². The van der Waals surface area contributed by atoms with Crippen molar-refractivity contribution in [3.05, 3.63) is 42.2 Å². The number of hydrogen-bond acceptors (Lipinski definition) is 3. The first kappa shape index (κ1) is 16.2. The number of carbonyl (C=O) groups is 1. The molecule has 1 aromatic carbocycles. The third kappa shape index (κ3) is 4.66. The van der Waals surface area contributed by atoms with Gasteiger partial charge >= 0.3 is 0 Å². The lowest BCUT2D eigenvalue weighted by Gasteiger charge is -2.21. The highest BCUT2D eigenvalue weighted by Gasteiger charge is 2.12. The van der Waals surface area contributed by atoms with Crippen LogP contribution in [0.2, 0.25) is 0 Å². The van der Waals surface area contributed by atoms with Crippen molar-refractivity contribution in [3.63, 3.8) is 0 Å². The smallest absolute Gasteiger partial charge is 0.236 e. The van der Waals surface area contributed by atoms with Crippen LogP contribution in [0.1, 0.15) is 12.5 Å². The molecular formula is C15H21FN2O2. The maximum atomic E-state index is 13.6. The van der Waals surface area contributed by atoms with Crippen LogP contribution in [0.15, 0.2) is 30.9 Å². The Morgan fingerprint density at radius 1 is 1.55 bits per heavy atom. The molecule has 1 rings (SSSR count). The minimum absolute atomic E-state index is 0.0226. The van der Waals surface area contributed by atoms with E-state index in [2.05, 4.69) is 11.9 Å². The molecule has 0 fully saturated rings. The van der Waals surface area contributed by atoms with Gasteiger partial charge in [-0.2, -0.15) is 0 Å². The molecule has 0 aliphatic heterocycles. The predicted octanol–water partition coefficient (Wildman–Crippen LogP) is 1.96. The molecule has 0 radical (unpaired) electrons. The number of halogens is 1. The van der Waals surface area contributed by atoms with Crippen molar-refractivity contribution >= 4 is 5.91 Å². The van der Waals surface area contributed by atoms with Gasteiger partial charge in [-0.15, -0.1) is 6.58 Å². The molecule has 0 heterocycles. The number of ether oxygens (including phenoxy) is 1. The third-order valence-corrected chi connectivity index (χ3v) is 2.89. The second-order valence-corrected chi connectivity index (χ2v) is 4.30. The topological polar surface area (TPSA) is 41.6 Å². The molecule has 0 saturated carbocycles. The van der Waals surface area contributed by atoms with Crippen LogP contribution in [0.4, 0.5) is 4.39 Å². The Morgan fingerprint density at radius 3 is 2.85 bits per heavy atom. The van der Waals surface area contributed by atoms with Crippen molar-refractivity contribution in [2.45, 2.75) is 13.5 Å². The lowest BCUT2D eigenvalue weighted by Crippen LogP contribution is -2.37. The number of methoxy groups -OCH3 is 1. The molecule has 1 N–H and O–H groups in total. The summed E-state index contributed by atoms with van der Waals surface area (Å²) in [5, 5.41) is 2.96. The third-order valence-electron chi connectivity index (χ3n) is 2.89. The molecule has 0 unspecified atom stereocenters. The van der Waals surface area contributed by atoms with Crippen molar-refractivity contribution in [2.75, 3.05) is 26.7 Å². The number of nitrogens with zero attached hydrogens (tertiary/aromatic N) is 1. The summed E-state index contributed by atoms with van der Waals surface area (Å²) in [7, 11) is 1.42. The van der Waals surface area contributed by atoms with Crippen LogP contribution < -0.4 is 10.1 Å². The summed E-state index contributed by atoms with van der Waals surface area (Å²) in [4.78, 5) is 13.6. The zero-order chi connectivity index (χ0) is 15.0. The number of hydrogen-bond donors (Lipinski definition) is 1. The van der Waals surface area contributed by atoms with Crippen LogP contribution in [0, 0.1) is 5.82 Å². The van der Waals surface area contributed by atoms with E-state index >= 15 is 0 Å². The van der Waals surface area contributed by atoms with E-state index in [-0.39, 0.29) is 18.2 Å². The van der Waals surface area contributed by atoms with E-state index in [1.54, 1.807) is 23.1 Å². The molecule has 20 heavy (non-hydrogen) atoms. The van der Waals surface area contributed by atoms with Crippen molar-refractivity contribution in [1.29, 1.82) is 0 Å². The van der Waals surface area contributed by atoms with Crippen LogP contribution in [-0.4, -0.2) is 37.6 Å². The van der Waals surface area contributed by atoms with Crippen LogP contribution in [0.25, 0.3) is 0 Å². The number of amides is 1. The van der Waals surface area contributed by atoms with Crippen molar-refractivity contribution < 1.29 is 13.9 Å². The standard InChI is InChI=1S/C15H21FN2O2/c1-4-8-17-10-15(19)18(5-2)11-12-6-7-14(20-3)13(16)9-12/h4,6-7,9,17H,1,5,8,10-11H2,2-3H3. The van der Waals surface area contributed by atoms with Crippen molar-refractivity contribution in [1.82, 2.24) is 10.2 Å². The van der Waals surface area contributed by atoms with Gasteiger partial charge in [0.15, 0.2) is 11.6 Å². The molecule has 0 saturated heterocycles. The zero-order valence-electron chi connectivity index (χ0n) is 12.0. The van der Waals surface area contributed by atoms with Crippen molar-refractivity contribution in [2.24, 2.45) is 0 Å². The Kier molecular flexibility index (Phi) is 6.73. The average Bonchev–Trinajstić information content (AvgIpc) is 2.45. The van der Waals surface area contributed by atoms with E-state index in [0.29, 0.717) is 19.6 Å². The monoisotopic (exact) mass is 280 g/mol. The maximum Gasteiger partial charge on any atom is 0.236 e. The molecular weight excluding hydrogens is 259 g/mol. The largest absolute Gasteiger partial charge is 0.494 e. The minimum Gasteiger partial charge on any atom is -0.494 e. The highest BCUT2D eigenvalue weighted by Crippen LogP contribution is 2.18. The molecule has 0 aliphatic rings. The second kappa shape index (κ2) is 8.32. The molecule has 0 aromatic heterocycles.